The first-order chi connectivity index (χ1) is 26.6. The summed E-state index contributed by atoms with van der Waals surface area (Å²) in [5, 5.41) is -0.228. The minimum absolute atomic E-state index is 0.0366. The molecule has 6 atom stereocenters. The van der Waals surface area contributed by atoms with E-state index in [1.807, 2.05) is 37.3 Å². The lowest BCUT2D eigenvalue weighted by atomic mass is 9.63. The van der Waals surface area contributed by atoms with Gasteiger partial charge in [-0.25, -0.2) is 13.1 Å². The van der Waals surface area contributed by atoms with Crippen molar-refractivity contribution < 1.29 is 32.2 Å². The number of ether oxygens (including phenoxy) is 4. The van der Waals surface area contributed by atoms with Gasteiger partial charge in [0, 0.05) is 76.2 Å². The highest BCUT2D eigenvalue weighted by Gasteiger charge is 2.49. The molecule has 2 bridgehead atoms. The molecule has 0 unspecified atom stereocenters. The molecule has 4 heterocycles. The van der Waals surface area contributed by atoms with Gasteiger partial charge in [-0.3, -0.25) is 14.6 Å². The van der Waals surface area contributed by atoms with Crippen LogP contribution in [0.4, 0.5) is 5.69 Å². The van der Waals surface area contributed by atoms with E-state index in [9.17, 15) is 13.2 Å². The van der Waals surface area contributed by atoms with Gasteiger partial charge in [0.05, 0.1) is 25.5 Å². The Kier molecular flexibility index (Phi) is 13.1. The molecule has 2 saturated heterocycles. The van der Waals surface area contributed by atoms with Crippen molar-refractivity contribution in [3.05, 3.63) is 70.3 Å². The third-order valence-corrected chi connectivity index (χ3v) is 14.8. The Bertz CT molecular complexity index is 1790. The number of methoxy groups -OCH3 is 1. The molecule has 2 aromatic rings. The van der Waals surface area contributed by atoms with Crippen LogP contribution in [0.1, 0.15) is 67.4 Å². The van der Waals surface area contributed by atoms with Crippen LogP contribution in [0, 0.1) is 17.8 Å². The first-order valence-corrected chi connectivity index (χ1v) is 22.2. The summed E-state index contributed by atoms with van der Waals surface area (Å²) in [5.41, 5.74) is 2.77. The fourth-order valence-corrected chi connectivity index (χ4v) is 11.2. The molecule has 13 heteroatoms. The summed E-state index contributed by atoms with van der Waals surface area (Å²) in [7, 11) is -2.62. The maximum atomic E-state index is 13.9. The van der Waals surface area contributed by atoms with E-state index in [4.69, 9.17) is 30.5 Å². The van der Waals surface area contributed by atoms with Gasteiger partial charge in [-0.1, -0.05) is 36.7 Å². The number of fused-ring (bicyclic) bond motifs is 4. The number of nitrogens with one attached hydrogen (secondary N) is 1. The summed E-state index contributed by atoms with van der Waals surface area (Å²) in [6.07, 6.45) is 9.77. The molecule has 1 aliphatic carbocycles. The van der Waals surface area contributed by atoms with Crippen molar-refractivity contribution in [1.82, 2.24) is 14.5 Å². The van der Waals surface area contributed by atoms with Gasteiger partial charge >= 0.3 is 0 Å². The zero-order valence-electron chi connectivity index (χ0n) is 32.7. The van der Waals surface area contributed by atoms with Gasteiger partial charge in [0.15, 0.2) is 0 Å². The van der Waals surface area contributed by atoms with Gasteiger partial charge in [-0.15, -0.1) is 0 Å². The minimum atomic E-state index is -4.11. The van der Waals surface area contributed by atoms with Crippen LogP contribution in [0.3, 0.4) is 0 Å². The van der Waals surface area contributed by atoms with E-state index in [0.717, 1.165) is 102 Å². The number of nitrogens with zero attached hydrogens (tertiary/aromatic N) is 3. The number of allylic oxidation sites excluding steroid dienone is 1. The van der Waals surface area contributed by atoms with Gasteiger partial charge in [0.25, 0.3) is 5.91 Å². The third kappa shape index (κ3) is 9.21. The average Bonchev–Trinajstić information content (AvgIpc) is 3.18. The summed E-state index contributed by atoms with van der Waals surface area (Å²) in [6.45, 7) is 12.6. The van der Waals surface area contributed by atoms with Crippen LogP contribution < -0.4 is 14.4 Å². The summed E-state index contributed by atoms with van der Waals surface area (Å²) in [5.74, 6) is 0.241. The molecular formula is C42H59ClN4O7S. The summed E-state index contributed by atoms with van der Waals surface area (Å²) >= 11 is 6.43. The van der Waals surface area contributed by atoms with E-state index in [1.54, 1.807) is 6.07 Å². The topological polar surface area (TPSA) is 110 Å². The number of carbonyl (C=O) groups excluding carboxylic acids is 1. The standard InChI is InChI=1S/C42H59ClN4O7S/c1-4-54-42(29-45-18-19-46-20-21-52-27-36(46)25-45)16-7-8-30(2)40(28-51-3)55(49,50)44-41(48)32-12-15-39-38(23-32)47(24-33-11-14-37(33)42)17-6-5-9-31-22-35(43)13-10-34(31)26-53-39/h7,10,12-13,15-16,22-23,30,33,36-37,40H,4-6,8-9,11,14,17-21,24-29H2,1-3H3,(H,44,48)/b16-7+/t30-,33-,36-,37+,40+,42-/m0/s1. The number of hydrogen-bond acceptors (Lipinski definition) is 10. The zero-order chi connectivity index (χ0) is 38.6. The van der Waals surface area contributed by atoms with Crippen molar-refractivity contribution in [3.63, 3.8) is 0 Å². The molecule has 1 N–H and O–H groups in total. The van der Waals surface area contributed by atoms with Crippen molar-refractivity contribution in [1.29, 1.82) is 0 Å². The Morgan fingerprint density at radius 3 is 2.71 bits per heavy atom. The molecule has 55 heavy (non-hydrogen) atoms. The molecule has 0 spiro atoms. The summed E-state index contributed by atoms with van der Waals surface area (Å²) in [4.78, 5) is 21.3. The predicted octanol–water partition coefficient (Wildman–Crippen LogP) is 5.55. The molecule has 5 aliphatic rings. The van der Waals surface area contributed by atoms with E-state index in [0.29, 0.717) is 42.4 Å². The van der Waals surface area contributed by atoms with Crippen molar-refractivity contribution in [3.8, 4) is 5.75 Å². The van der Waals surface area contributed by atoms with Gasteiger partial charge in [0.1, 0.15) is 23.2 Å². The largest absolute Gasteiger partial charge is 0.487 e. The van der Waals surface area contributed by atoms with E-state index in [1.165, 1.54) is 12.7 Å². The van der Waals surface area contributed by atoms with Gasteiger partial charge in [0.2, 0.25) is 10.0 Å². The summed E-state index contributed by atoms with van der Waals surface area (Å²) < 4.78 is 55.2. The fraction of sp³-hybridized carbons (Fsp3) is 0.643. The normalized spacial score (nSPS) is 31.3. The molecule has 11 nitrogen and oxygen atoms in total. The molecule has 4 aliphatic heterocycles. The first kappa shape index (κ1) is 40.5. The summed E-state index contributed by atoms with van der Waals surface area (Å²) in [6, 6.07) is 11.6. The SMILES string of the molecule is CCO[C@]1(CN2CCN3CCOC[C@@H]3C2)/C=C/C[C@H](C)[C@@H](COC)S(=O)(=O)NC(=O)c2ccc3c(c2)N(CCCCc2cc(Cl)ccc2CO3)C[C@@H]2CC[C@H]21. The smallest absolute Gasteiger partial charge is 0.264 e. The highest BCUT2D eigenvalue weighted by Crippen LogP contribution is 2.47. The monoisotopic (exact) mass is 798 g/mol. The Labute approximate surface area is 332 Å². The van der Waals surface area contributed by atoms with Gasteiger partial charge < -0.3 is 23.8 Å². The lowest BCUT2D eigenvalue weighted by Gasteiger charge is -2.53. The predicted molar refractivity (Wildman–Crippen MR) is 216 cm³/mol. The first-order valence-electron chi connectivity index (χ1n) is 20.3. The van der Waals surface area contributed by atoms with E-state index >= 15 is 0 Å². The highest BCUT2D eigenvalue weighted by atomic mass is 35.5. The number of rotatable bonds is 6. The highest BCUT2D eigenvalue weighted by molar-refractivity contribution is 7.90. The minimum Gasteiger partial charge on any atom is -0.487 e. The van der Waals surface area contributed by atoms with E-state index < -0.39 is 26.8 Å². The van der Waals surface area contributed by atoms with Gasteiger partial charge in [-0.05, 0) is 105 Å². The number of carbonyl (C=O) groups is 1. The lowest BCUT2D eigenvalue weighted by molar-refractivity contribution is -0.121. The molecule has 1 amide bonds. The molecule has 7 rings (SSSR count). The van der Waals surface area contributed by atoms with Crippen LogP contribution in [0.15, 0.2) is 48.6 Å². The second-order valence-corrected chi connectivity index (χ2v) is 18.5. The Morgan fingerprint density at radius 2 is 1.91 bits per heavy atom. The van der Waals surface area contributed by atoms with Crippen molar-refractivity contribution in [2.75, 3.05) is 84.3 Å². The molecule has 302 valence electrons. The second kappa shape index (κ2) is 17.8. The number of hydrogen-bond donors (Lipinski definition) is 1. The van der Waals surface area contributed by atoms with Crippen molar-refractivity contribution >= 4 is 33.2 Å². The number of aryl methyl sites for hydroxylation is 1. The number of sulfonamides is 1. The van der Waals surface area contributed by atoms with E-state index in [-0.39, 0.29) is 24.0 Å². The quantitative estimate of drug-likeness (QED) is 0.374. The molecule has 0 aromatic heterocycles. The molecule has 0 radical (unpaired) electrons. The number of amides is 1. The van der Waals surface area contributed by atoms with E-state index in [2.05, 4.69) is 38.5 Å². The number of halogens is 1. The zero-order valence-corrected chi connectivity index (χ0v) is 34.3. The van der Waals surface area contributed by atoms with Crippen LogP contribution in [0.25, 0.3) is 0 Å². The second-order valence-electron chi connectivity index (χ2n) is 16.2. The van der Waals surface area contributed by atoms with Gasteiger partial charge in [-0.2, -0.15) is 0 Å². The van der Waals surface area contributed by atoms with Crippen molar-refractivity contribution in [2.45, 2.75) is 75.9 Å². The fourth-order valence-electron chi connectivity index (χ4n) is 9.48. The third-order valence-electron chi connectivity index (χ3n) is 12.7. The average molecular weight is 799 g/mol. The molecule has 2 aromatic carbocycles. The van der Waals surface area contributed by atoms with Crippen molar-refractivity contribution in [2.24, 2.45) is 17.8 Å². The van der Waals surface area contributed by atoms with Crippen LogP contribution in [0.5, 0.6) is 5.75 Å². The number of piperazine rings is 1. The Morgan fingerprint density at radius 1 is 1.04 bits per heavy atom. The maximum Gasteiger partial charge on any atom is 0.264 e. The Balaban J connectivity index is 1.28. The molecule has 3 fully saturated rings. The number of anilines is 1. The van der Waals surface area contributed by atoms with Crippen LogP contribution in [-0.4, -0.2) is 120 Å². The van der Waals surface area contributed by atoms with Crippen LogP contribution in [-0.2, 0) is 37.3 Å². The maximum absolute atomic E-state index is 13.9. The Hall–Kier alpha value is -2.71. The number of morpholine rings is 1. The van der Waals surface area contributed by atoms with Crippen LogP contribution in [0.2, 0.25) is 5.02 Å². The molecular weight excluding hydrogens is 740 g/mol. The number of benzene rings is 2. The lowest BCUT2D eigenvalue weighted by Crippen LogP contribution is -2.62. The van der Waals surface area contributed by atoms with Crippen LogP contribution >= 0.6 is 11.6 Å². The molecule has 1 saturated carbocycles.